The molecule has 0 aromatic carbocycles. The summed E-state index contributed by atoms with van der Waals surface area (Å²) in [7, 11) is 0. The van der Waals surface area contributed by atoms with Crippen molar-refractivity contribution < 1.29 is 4.74 Å². The van der Waals surface area contributed by atoms with E-state index in [9.17, 15) is 0 Å². The normalized spacial score (nSPS) is 21.4. The standard InChI is InChI=1S/C14H24N2OS/c1-4-15-13(8-7-12-6-5-9-17-12)14-10(2)16-11(3)18-14/h12-13,15H,4-9H2,1-3H3. The molecule has 1 N–H and O–H groups in total. The summed E-state index contributed by atoms with van der Waals surface area (Å²) >= 11 is 1.83. The molecule has 0 bridgehead atoms. The second-order valence-electron chi connectivity index (χ2n) is 5.01. The van der Waals surface area contributed by atoms with E-state index in [1.807, 2.05) is 11.3 Å². The molecule has 2 heterocycles. The van der Waals surface area contributed by atoms with Crippen molar-refractivity contribution in [2.24, 2.45) is 0 Å². The lowest BCUT2D eigenvalue weighted by Gasteiger charge is -2.19. The van der Waals surface area contributed by atoms with Crippen molar-refractivity contribution in [2.75, 3.05) is 13.2 Å². The molecule has 1 aromatic rings. The van der Waals surface area contributed by atoms with Crippen LogP contribution in [-0.2, 0) is 4.74 Å². The Balaban J connectivity index is 1.96. The minimum absolute atomic E-state index is 0.449. The molecule has 2 rings (SSSR count). The SMILES string of the molecule is CCNC(CCC1CCCO1)c1sc(C)nc1C. The Kier molecular flexibility index (Phi) is 5.15. The van der Waals surface area contributed by atoms with Crippen molar-refractivity contribution in [1.29, 1.82) is 0 Å². The summed E-state index contributed by atoms with van der Waals surface area (Å²) in [4.78, 5) is 5.95. The van der Waals surface area contributed by atoms with Crippen LogP contribution in [0.15, 0.2) is 0 Å². The van der Waals surface area contributed by atoms with Crippen molar-refractivity contribution in [3.63, 3.8) is 0 Å². The van der Waals surface area contributed by atoms with Gasteiger partial charge in [0.1, 0.15) is 0 Å². The van der Waals surface area contributed by atoms with E-state index in [-0.39, 0.29) is 0 Å². The van der Waals surface area contributed by atoms with Crippen LogP contribution in [0.4, 0.5) is 0 Å². The Bertz CT molecular complexity index is 372. The largest absolute Gasteiger partial charge is 0.378 e. The first-order valence-electron chi connectivity index (χ1n) is 6.99. The van der Waals surface area contributed by atoms with Crippen molar-refractivity contribution >= 4 is 11.3 Å². The van der Waals surface area contributed by atoms with E-state index in [0.29, 0.717) is 12.1 Å². The molecular formula is C14H24N2OS. The number of nitrogens with one attached hydrogen (secondary N) is 1. The van der Waals surface area contributed by atoms with Gasteiger partial charge in [0.15, 0.2) is 0 Å². The van der Waals surface area contributed by atoms with Gasteiger partial charge in [-0.1, -0.05) is 6.92 Å². The Labute approximate surface area is 114 Å². The minimum atomic E-state index is 0.449. The van der Waals surface area contributed by atoms with Crippen molar-refractivity contribution in [1.82, 2.24) is 10.3 Å². The van der Waals surface area contributed by atoms with Gasteiger partial charge in [-0.3, -0.25) is 0 Å². The van der Waals surface area contributed by atoms with E-state index >= 15 is 0 Å². The maximum absolute atomic E-state index is 5.71. The van der Waals surface area contributed by atoms with E-state index in [1.165, 1.54) is 28.4 Å². The van der Waals surface area contributed by atoms with Crippen LogP contribution in [0.5, 0.6) is 0 Å². The smallest absolute Gasteiger partial charge is 0.0900 e. The Morgan fingerprint density at radius 1 is 1.50 bits per heavy atom. The van der Waals surface area contributed by atoms with Crippen LogP contribution in [0.25, 0.3) is 0 Å². The molecule has 3 nitrogen and oxygen atoms in total. The van der Waals surface area contributed by atoms with Crippen LogP contribution in [-0.4, -0.2) is 24.2 Å². The van der Waals surface area contributed by atoms with Crippen molar-refractivity contribution in [2.45, 2.75) is 58.6 Å². The number of rotatable bonds is 6. The van der Waals surface area contributed by atoms with E-state index in [1.54, 1.807) is 0 Å². The molecule has 102 valence electrons. The van der Waals surface area contributed by atoms with Crippen molar-refractivity contribution in [3.8, 4) is 0 Å². The summed E-state index contributed by atoms with van der Waals surface area (Å²) in [5.74, 6) is 0. The Morgan fingerprint density at radius 3 is 2.89 bits per heavy atom. The molecule has 2 atom stereocenters. The number of thiazole rings is 1. The van der Waals surface area contributed by atoms with Crippen LogP contribution in [0, 0.1) is 13.8 Å². The molecule has 0 saturated carbocycles. The van der Waals surface area contributed by atoms with Crippen LogP contribution in [0.1, 0.15) is 54.2 Å². The van der Waals surface area contributed by atoms with Crippen LogP contribution in [0.3, 0.4) is 0 Å². The monoisotopic (exact) mass is 268 g/mol. The lowest BCUT2D eigenvalue weighted by Crippen LogP contribution is -2.22. The van der Waals surface area contributed by atoms with Gasteiger partial charge in [-0.25, -0.2) is 4.98 Å². The molecule has 0 spiro atoms. The molecular weight excluding hydrogens is 244 g/mol. The highest BCUT2D eigenvalue weighted by molar-refractivity contribution is 7.11. The fourth-order valence-corrected chi connectivity index (χ4v) is 3.70. The van der Waals surface area contributed by atoms with Gasteiger partial charge in [0.05, 0.1) is 16.8 Å². The summed E-state index contributed by atoms with van der Waals surface area (Å²) in [6.45, 7) is 8.34. The third-order valence-corrected chi connectivity index (χ3v) is 4.69. The highest BCUT2D eigenvalue weighted by Crippen LogP contribution is 2.29. The predicted octanol–water partition coefficient (Wildman–Crippen LogP) is 3.37. The van der Waals surface area contributed by atoms with Gasteiger partial charge in [-0.15, -0.1) is 11.3 Å². The molecule has 0 aliphatic carbocycles. The maximum atomic E-state index is 5.71. The number of aromatic nitrogens is 1. The van der Waals surface area contributed by atoms with Gasteiger partial charge >= 0.3 is 0 Å². The average Bonchev–Trinajstić information content (AvgIpc) is 2.94. The van der Waals surface area contributed by atoms with E-state index in [2.05, 4.69) is 31.1 Å². The second-order valence-corrected chi connectivity index (χ2v) is 6.24. The lowest BCUT2D eigenvalue weighted by atomic mass is 10.0. The Hall–Kier alpha value is -0.450. The van der Waals surface area contributed by atoms with Gasteiger partial charge in [0, 0.05) is 17.5 Å². The lowest BCUT2D eigenvalue weighted by molar-refractivity contribution is 0.0997. The van der Waals surface area contributed by atoms with Gasteiger partial charge in [-0.05, 0) is 46.1 Å². The topological polar surface area (TPSA) is 34.1 Å². The number of hydrogen-bond acceptors (Lipinski definition) is 4. The number of nitrogens with zero attached hydrogens (tertiary/aromatic N) is 1. The molecule has 18 heavy (non-hydrogen) atoms. The summed E-state index contributed by atoms with van der Waals surface area (Å²) in [5, 5.41) is 4.76. The molecule has 1 fully saturated rings. The van der Waals surface area contributed by atoms with Crippen LogP contribution >= 0.6 is 11.3 Å². The average molecular weight is 268 g/mol. The predicted molar refractivity (Wildman–Crippen MR) is 76.2 cm³/mol. The van der Waals surface area contributed by atoms with E-state index < -0.39 is 0 Å². The highest BCUT2D eigenvalue weighted by Gasteiger charge is 2.21. The molecule has 1 aliphatic rings. The molecule has 1 saturated heterocycles. The molecule has 4 heteroatoms. The zero-order chi connectivity index (χ0) is 13.0. The summed E-state index contributed by atoms with van der Waals surface area (Å²) in [5.41, 5.74) is 1.19. The first-order valence-corrected chi connectivity index (χ1v) is 7.81. The van der Waals surface area contributed by atoms with Crippen LogP contribution in [0.2, 0.25) is 0 Å². The van der Waals surface area contributed by atoms with E-state index in [4.69, 9.17) is 4.74 Å². The van der Waals surface area contributed by atoms with Gasteiger partial charge in [-0.2, -0.15) is 0 Å². The summed E-state index contributed by atoms with van der Waals surface area (Å²) in [6, 6.07) is 0.449. The third-order valence-electron chi connectivity index (χ3n) is 3.51. The number of hydrogen-bond donors (Lipinski definition) is 1. The number of aryl methyl sites for hydroxylation is 2. The summed E-state index contributed by atoms with van der Waals surface area (Å²) in [6.07, 6.45) is 5.27. The zero-order valence-corrected chi connectivity index (χ0v) is 12.5. The second kappa shape index (κ2) is 6.64. The molecule has 1 aromatic heterocycles. The maximum Gasteiger partial charge on any atom is 0.0900 e. The zero-order valence-electron chi connectivity index (χ0n) is 11.7. The molecule has 0 amide bonds. The Morgan fingerprint density at radius 2 is 2.33 bits per heavy atom. The fraction of sp³-hybridized carbons (Fsp3) is 0.786. The van der Waals surface area contributed by atoms with Gasteiger partial charge in [0.2, 0.25) is 0 Å². The van der Waals surface area contributed by atoms with Gasteiger partial charge < -0.3 is 10.1 Å². The minimum Gasteiger partial charge on any atom is -0.378 e. The first-order chi connectivity index (χ1) is 8.70. The van der Waals surface area contributed by atoms with Crippen LogP contribution < -0.4 is 5.32 Å². The molecule has 2 unspecified atom stereocenters. The fourth-order valence-electron chi connectivity index (χ4n) is 2.67. The first kappa shape index (κ1) is 14.0. The van der Waals surface area contributed by atoms with E-state index in [0.717, 1.165) is 26.0 Å². The van der Waals surface area contributed by atoms with Crippen molar-refractivity contribution in [3.05, 3.63) is 15.6 Å². The highest BCUT2D eigenvalue weighted by atomic mass is 32.1. The number of ether oxygens (including phenoxy) is 1. The quantitative estimate of drug-likeness (QED) is 0.859. The molecule has 0 radical (unpaired) electrons. The third kappa shape index (κ3) is 3.53. The van der Waals surface area contributed by atoms with Gasteiger partial charge in [0.25, 0.3) is 0 Å². The summed E-state index contributed by atoms with van der Waals surface area (Å²) < 4.78 is 5.71. The molecule has 1 aliphatic heterocycles.